The summed E-state index contributed by atoms with van der Waals surface area (Å²) < 4.78 is 26.3. The van der Waals surface area contributed by atoms with Gasteiger partial charge in [0.1, 0.15) is 5.15 Å². The van der Waals surface area contributed by atoms with Gasteiger partial charge in [-0.15, -0.1) is 0 Å². The molecule has 0 bridgehead atoms. The van der Waals surface area contributed by atoms with Crippen LogP contribution in [0.5, 0.6) is 0 Å². The van der Waals surface area contributed by atoms with Gasteiger partial charge in [0.15, 0.2) is 0 Å². The van der Waals surface area contributed by atoms with Crippen LogP contribution in [0.3, 0.4) is 0 Å². The van der Waals surface area contributed by atoms with Gasteiger partial charge in [0.25, 0.3) is 15.7 Å². The van der Waals surface area contributed by atoms with Gasteiger partial charge in [-0.05, 0) is 32.0 Å². The molecule has 0 saturated carbocycles. The molecule has 0 amide bonds. The van der Waals surface area contributed by atoms with E-state index in [-0.39, 0.29) is 15.7 Å². The molecule has 0 aliphatic rings. The predicted molar refractivity (Wildman–Crippen MR) is 109 cm³/mol. The molecule has 1 N–H and O–H groups in total. The molecule has 0 unspecified atom stereocenters. The molecular formula is C18H16ClN5O4S. The van der Waals surface area contributed by atoms with E-state index in [0.717, 1.165) is 11.8 Å². The number of para-hydroxylation sites is 1. The van der Waals surface area contributed by atoms with Gasteiger partial charge >= 0.3 is 0 Å². The van der Waals surface area contributed by atoms with E-state index in [2.05, 4.69) is 10.2 Å². The van der Waals surface area contributed by atoms with E-state index in [4.69, 9.17) is 11.6 Å². The van der Waals surface area contributed by atoms with Crippen molar-refractivity contribution in [3.05, 3.63) is 80.6 Å². The standard InChI is InChI=1S/C18H16ClN5O4S/c1-12-8-9-15(10-17(12)24(25)26)29(27,28)22-20-11-16-13(2)21-23(18(16)19)14-6-4-3-5-7-14/h3-11,22H,1-2H3/b20-11+. The highest BCUT2D eigenvalue weighted by atomic mass is 35.5. The Bertz CT molecular complexity index is 1210. The SMILES string of the molecule is Cc1ccc(S(=O)(=O)N/N=C/c2c(C)nn(-c3ccccc3)c2Cl)cc1[N+](=O)[O-]. The molecule has 11 heteroatoms. The number of hydrogen-bond donors (Lipinski definition) is 1. The molecule has 1 heterocycles. The van der Waals surface area contributed by atoms with Gasteiger partial charge in [0.2, 0.25) is 0 Å². The first-order chi connectivity index (χ1) is 13.7. The Morgan fingerprint density at radius 2 is 1.90 bits per heavy atom. The fourth-order valence-electron chi connectivity index (χ4n) is 2.56. The summed E-state index contributed by atoms with van der Waals surface area (Å²) in [6.45, 7) is 3.24. The van der Waals surface area contributed by atoms with Crippen molar-refractivity contribution in [3.8, 4) is 5.69 Å². The monoisotopic (exact) mass is 433 g/mol. The van der Waals surface area contributed by atoms with Gasteiger partial charge in [0, 0.05) is 11.6 Å². The topological polar surface area (TPSA) is 119 Å². The van der Waals surface area contributed by atoms with Crippen LogP contribution in [0.1, 0.15) is 16.8 Å². The van der Waals surface area contributed by atoms with Crippen molar-refractivity contribution in [1.82, 2.24) is 14.6 Å². The highest BCUT2D eigenvalue weighted by Crippen LogP contribution is 2.23. The van der Waals surface area contributed by atoms with E-state index in [0.29, 0.717) is 16.8 Å². The summed E-state index contributed by atoms with van der Waals surface area (Å²) in [6, 6.07) is 12.8. The zero-order valence-corrected chi connectivity index (χ0v) is 17.0. The second-order valence-electron chi connectivity index (χ2n) is 6.10. The molecule has 2 aromatic carbocycles. The highest BCUT2D eigenvalue weighted by Gasteiger charge is 2.19. The Balaban J connectivity index is 1.86. The van der Waals surface area contributed by atoms with Crippen LogP contribution in [0.15, 0.2) is 58.5 Å². The van der Waals surface area contributed by atoms with Gasteiger partial charge in [-0.3, -0.25) is 10.1 Å². The first-order valence-electron chi connectivity index (χ1n) is 8.31. The first kappa shape index (κ1) is 20.5. The molecule has 0 fully saturated rings. The number of hydrazone groups is 1. The highest BCUT2D eigenvalue weighted by molar-refractivity contribution is 7.89. The number of aromatic nitrogens is 2. The molecule has 0 atom stereocenters. The van der Waals surface area contributed by atoms with Crippen LogP contribution < -0.4 is 4.83 Å². The number of hydrogen-bond acceptors (Lipinski definition) is 6. The summed E-state index contributed by atoms with van der Waals surface area (Å²) >= 11 is 6.36. The summed E-state index contributed by atoms with van der Waals surface area (Å²) in [4.78, 5) is 12.2. The van der Waals surface area contributed by atoms with Crippen LogP contribution in [0.25, 0.3) is 5.69 Å². The fourth-order valence-corrected chi connectivity index (χ4v) is 3.70. The lowest BCUT2D eigenvalue weighted by Crippen LogP contribution is -2.18. The molecule has 0 aliphatic carbocycles. The molecular weight excluding hydrogens is 418 g/mol. The van der Waals surface area contributed by atoms with Crippen molar-refractivity contribution in [3.63, 3.8) is 0 Å². The molecule has 3 rings (SSSR count). The molecule has 1 aromatic heterocycles. The summed E-state index contributed by atoms with van der Waals surface area (Å²) in [5, 5.41) is 19.4. The molecule has 29 heavy (non-hydrogen) atoms. The van der Waals surface area contributed by atoms with Gasteiger partial charge in [0.05, 0.1) is 33.0 Å². The predicted octanol–water partition coefficient (Wildman–Crippen LogP) is 3.36. The number of sulfonamides is 1. The quantitative estimate of drug-likeness (QED) is 0.363. The zero-order chi connectivity index (χ0) is 21.2. The van der Waals surface area contributed by atoms with Crippen LogP contribution in [-0.2, 0) is 10.0 Å². The maximum absolute atomic E-state index is 12.4. The summed E-state index contributed by atoms with van der Waals surface area (Å²) in [6.07, 6.45) is 1.24. The third-order valence-electron chi connectivity index (χ3n) is 4.10. The fraction of sp³-hybridized carbons (Fsp3) is 0.111. The van der Waals surface area contributed by atoms with E-state index in [1.54, 1.807) is 6.92 Å². The van der Waals surface area contributed by atoms with Crippen molar-refractivity contribution in [2.45, 2.75) is 18.7 Å². The lowest BCUT2D eigenvalue weighted by atomic mass is 10.2. The third-order valence-corrected chi connectivity index (χ3v) is 5.69. The van der Waals surface area contributed by atoms with Crippen molar-refractivity contribution < 1.29 is 13.3 Å². The number of aryl methyl sites for hydroxylation is 2. The van der Waals surface area contributed by atoms with Crippen LogP contribution in [0.4, 0.5) is 5.69 Å². The van der Waals surface area contributed by atoms with Crippen molar-refractivity contribution in [1.29, 1.82) is 0 Å². The molecule has 0 aliphatic heterocycles. The number of nitrogens with zero attached hydrogens (tertiary/aromatic N) is 4. The molecule has 0 saturated heterocycles. The normalized spacial score (nSPS) is 11.7. The Kier molecular flexibility index (Phi) is 5.66. The molecule has 150 valence electrons. The Labute approximate surface area is 171 Å². The molecule has 0 spiro atoms. The zero-order valence-electron chi connectivity index (χ0n) is 15.4. The smallest absolute Gasteiger partial charge is 0.258 e. The average Bonchev–Trinajstić information content (AvgIpc) is 2.96. The number of halogens is 1. The average molecular weight is 434 g/mol. The minimum absolute atomic E-state index is 0.266. The van der Waals surface area contributed by atoms with Crippen molar-refractivity contribution in [2.24, 2.45) is 5.10 Å². The van der Waals surface area contributed by atoms with E-state index < -0.39 is 14.9 Å². The minimum atomic E-state index is -4.10. The van der Waals surface area contributed by atoms with Crippen molar-refractivity contribution >= 4 is 33.5 Å². The Morgan fingerprint density at radius 3 is 2.55 bits per heavy atom. The second-order valence-corrected chi connectivity index (χ2v) is 8.11. The summed E-state index contributed by atoms with van der Waals surface area (Å²) in [5.41, 5.74) is 1.79. The van der Waals surface area contributed by atoms with Gasteiger partial charge in [-0.25, -0.2) is 9.51 Å². The lowest BCUT2D eigenvalue weighted by molar-refractivity contribution is -0.385. The van der Waals surface area contributed by atoms with Crippen molar-refractivity contribution in [2.75, 3.05) is 0 Å². The Morgan fingerprint density at radius 1 is 1.21 bits per heavy atom. The number of nitrogens with one attached hydrogen (secondary N) is 1. The van der Waals surface area contributed by atoms with Gasteiger partial charge in [-0.2, -0.15) is 18.6 Å². The number of nitro benzene ring substituents is 1. The summed E-state index contributed by atoms with van der Waals surface area (Å²) in [5.74, 6) is 0. The number of nitro groups is 1. The van der Waals surface area contributed by atoms with E-state index in [1.807, 2.05) is 35.2 Å². The van der Waals surface area contributed by atoms with Crippen LogP contribution in [0, 0.1) is 24.0 Å². The lowest BCUT2D eigenvalue weighted by Gasteiger charge is -2.04. The molecule has 0 radical (unpaired) electrons. The number of rotatable bonds is 6. The first-order valence-corrected chi connectivity index (χ1v) is 10.2. The van der Waals surface area contributed by atoms with Gasteiger partial charge < -0.3 is 0 Å². The van der Waals surface area contributed by atoms with Crippen LogP contribution in [0.2, 0.25) is 5.15 Å². The van der Waals surface area contributed by atoms with E-state index in [1.165, 1.54) is 30.0 Å². The maximum Gasteiger partial charge on any atom is 0.276 e. The molecule has 9 nitrogen and oxygen atoms in total. The second kappa shape index (κ2) is 8.02. The summed E-state index contributed by atoms with van der Waals surface area (Å²) in [7, 11) is -4.10. The largest absolute Gasteiger partial charge is 0.276 e. The molecule has 3 aromatic rings. The Hall–Kier alpha value is -3.24. The third kappa shape index (κ3) is 4.28. The van der Waals surface area contributed by atoms with Gasteiger partial charge in [-0.1, -0.05) is 35.9 Å². The number of benzene rings is 2. The van der Waals surface area contributed by atoms with E-state index in [9.17, 15) is 18.5 Å². The maximum atomic E-state index is 12.4. The van der Waals surface area contributed by atoms with Crippen LogP contribution >= 0.6 is 11.6 Å². The van der Waals surface area contributed by atoms with E-state index >= 15 is 0 Å². The minimum Gasteiger partial charge on any atom is -0.258 e. The van der Waals surface area contributed by atoms with Crippen LogP contribution in [-0.4, -0.2) is 29.3 Å².